The molecule has 0 spiro atoms. The predicted molar refractivity (Wildman–Crippen MR) is 62.0 cm³/mol. The highest BCUT2D eigenvalue weighted by molar-refractivity contribution is 5.85. The molecule has 2 rings (SSSR count). The number of aromatic carboxylic acids is 1. The highest BCUT2D eigenvalue weighted by Gasteiger charge is 2.10. The number of carboxylic acid groups (broad SMARTS) is 1. The first-order valence-electron chi connectivity index (χ1n) is 4.98. The van der Waals surface area contributed by atoms with E-state index in [1.165, 1.54) is 0 Å². The maximum absolute atomic E-state index is 11.3. The topological polar surface area (TPSA) is 83.0 Å². The van der Waals surface area contributed by atoms with Gasteiger partial charge in [0.2, 0.25) is 0 Å². The van der Waals surface area contributed by atoms with E-state index in [-0.39, 0.29) is 11.5 Å². The van der Waals surface area contributed by atoms with Crippen LogP contribution in [0.15, 0.2) is 35.1 Å². The summed E-state index contributed by atoms with van der Waals surface area (Å²) in [6, 6.07) is 8.26. The van der Waals surface area contributed by atoms with Crippen LogP contribution in [-0.2, 0) is 0 Å². The van der Waals surface area contributed by atoms with Gasteiger partial charge in [-0.15, -0.1) is 0 Å². The van der Waals surface area contributed by atoms with E-state index in [4.69, 9.17) is 5.11 Å². The van der Waals surface area contributed by atoms with Gasteiger partial charge < -0.3 is 10.1 Å². The minimum atomic E-state index is -1.22. The summed E-state index contributed by atoms with van der Waals surface area (Å²) in [5.41, 5.74) is 0.897. The first-order valence-corrected chi connectivity index (χ1v) is 4.98. The number of benzene rings is 1. The zero-order valence-electron chi connectivity index (χ0n) is 9.10. The van der Waals surface area contributed by atoms with E-state index in [1.54, 1.807) is 12.1 Å². The Morgan fingerprint density at radius 2 is 2.06 bits per heavy atom. The summed E-state index contributed by atoms with van der Waals surface area (Å²) >= 11 is 0. The predicted octanol–water partition coefficient (Wildman–Crippen LogP) is 1.44. The number of hydrogen-bond acceptors (Lipinski definition) is 3. The van der Waals surface area contributed by atoms with Crippen molar-refractivity contribution in [2.24, 2.45) is 0 Å². The molecule has 1 heterocycles. The molecule has 2 N–H and O–H groups in total. The lowest BCUT2D eigenvalue weighted by atomic mass is 10.1. The summed E-state index contributed by atoms with van der Waals surface area (Å²) < 4.78 is 0. The Balaban J connectivity index is 2.64. The second kappa shape index (κ2) is 4.21. The maximum atomic E-state index is 11.3. The van der Waals surface area contributed by atoms with Gasteiger partial charge in [0.25, 0.3) is 5.56 Å². The Kier molecular flexibility index (Phi) is 2.74. The molecule has 0 unspecified atom stereocenters. The Bertz CT molecular complexity index is 632. The van der Waals surface area contributed by atoms with Crippen LogP contribution in [-0.4, -0.2) is 21.0 Å². The zero-order valence-corrected chi connectivity index (χ0v) is 9.10. The largest absolute Gasteiger partial charge is 0.477 e. The van der Waals surface area contributed by atoms with Gasteiger partial charge in [0.1, 0.15) is 5.82 Å². The Hall–Kier alpha value is -2.43. The third-order valence-electron chi connectivity index (χ3n) is 2.36. The second-order valence-electron chi connectivity index (χ2n) is 3.60. The first-order chi connectivity index (χ1) is 8.08. The van der Waals surface area contributed by atoms with Gasteiger partial charge >= 0.3 is 5.97 Å². The van der Waals surface area contributed by atoms with Crippen LogP contribution in [0.2, 0.25) is 0 Å². The van der Waals surface area contributed by atoms with Crippen LogP contribution in [0.3, 0.4) is 0 Å². The maximum Gasteiger partial charge on any atom is 0.354 e. The third-order valence-corrected chi connectivity index (χ3v) is 2.36. The van der Waals surface area contributed by atoms with Crippen molar-refractivity contribution < 1.29 is 9.90 Å². The standard InChI is InChI=1S/C12H10N2O3/c1-7-4-2-3-5-8(7)11-13-9(12(16)17)6-10(15)14-11/h2-6H,1H3,(H,16,17)(H,13,14,15). The number of hydrogen-bond donors (Lipinski definition) is 2. The van der Waals surface area contributed by atoms with Crippen LogP contribution in [0.1, 0.15) is 16.1 Å². The highest BCUT2D eigenvalue weighted by atomic mass is 16.4. The number of nitrogens with zero attached hydrogens (tertiary/aromatic N) is 1. The molecule has 86 valence electrons. The van der Waals surface area contributed by atoms with Gasteiger partial charge in [-0.3, -0.25) is 4.79 Å². The molecule has 0 radical (unpaired) electrons. The molecule has 5 nitrogen and oxygen atoms in total. The molecular weight excluding hydrogens is 220 g/mol. The lowest BCUT2D eigenvalue weighted by molar-refractivity contribution is 0.0690. The molecule has 0 atom stereocenters. The molecule has 0 saturated carbocycles. The van der Waals surface area contributed by atoms with Crippen molar-refractivity contribution in [2.75, 3.05) is 0 Å². The number of carbonyl (C=O) groups is 1. The smallest absolute Gasteiger partial charge is 0.354 e. The molecule has 0 aliphatic carbocycles. The SMILES string of the molecule is Cc1ccccc1-c1nc(C(=O)O)cc(=O)[nH]1. The van der Waals surface area contributed by atoms with E-state index in [1.807, 2.05) is 19.1 Å². The fraction of sp³-hybridized carbons (Fsp3) is 0.0833. The molecule has 0 bridgehead atoms. The average Bonchev–Trinajstić information content (AvgIpc) is 2.28. The molecule has 1 aromatic carbocycles. The van der Waals surface area contributed by atoms with Crippen LogP contribution < -0.4 is 5.56 Å². The van der Waals surface area contributed by atoms with E-state index < -0.39 is 11.5 Å². The van der Waals surface area contributed by atoms with Crippen LogP contribution in [0.4, 0.5) is 0 Å². The van der Waals surface area contributed by atoms with Gasteiger partial charge in [-0.05, 0) is 12.5 Å². The number of aromatic amines is 1. The first kappa shape index (κ1) is 11.1. The summed E-state index contributed by atoms with van der Waals surface area (Å²) in [5, 5.41) is 8.83. The number of carboxylic acids is 1. The number of aryl methyl sites for hydroxylation is 1. The van der Waals surface area contributed by atoms with Crippen LogP contribution >= 0.6 is 0 Å². The zero-order chi connectivity index (χ0) is 12.4. The number of nitrogens with one attached hydrogen (secondary N) is 1. The minimum Gasteiger partial charge on any atom is -0.477 e. The number of H-pyrrole nitrogens is 1. The molecule has 0 aliphatic heterocycles. The van der Waals surface area contributed by atoms with Crippen molar-refractivity contribution in [2.45, 2.75) is 6.92 Å². The van der Waals surface area contributed by atoms with Crippen molar-refractivity contribution in [1.82, 2.24) is 9.97 Å². The Labute approximate surface area is 96.8 Å². The monoisotopic (exact) mass is 230 g/mol. The van der Waals surface area contributed by atoms with Crippen LogP contribution in [0.25, 0.3) is 11.4 Å². The van der Waals surface area contributed by atoms with E-state index in [9.17, 15) is 9.59 Å². The quantitative estimate of drug-likeness (QED) is 0.817. The fourth-order valence-corrected chi connectivity index (χ4v) is 1.53. The van der Waals surface area contributed by atoms with Crippen molar-refractivity contribution in [3.63, 3.8) is 0 Å². The number of rotatable bonds is 2. The van der Waals surface area contributed by atoms with Crippen molar-refractivity contribution in [3.8, 4) is 11.4 Å². The third kappa shape index (κ3) is 2.23. The van der Waals surface area contributed by atoms with Gasteiger partial charge in [0.15, 0.2) is 5.69 Å². The molecule has 17 heavy (non-hydrogen) atoms. The summed E-state index contributed by atoms with van der Waals surface area (Å²) in [6.45, 7) is 1.86. The summed E-state index contributed by atoms with van der Waals surface area (Å²) in [5.74, 6) is -0.945. The molecule has 2 aromatic rings. The molecule has 1 aromatic heterocycles. The van der Waals surface area contributed by atoms with Crippen molar-refractivity contribution in [3.05, 3.63) is 51.9 Å². The summed E-state index contributed by atoms with van der Waals surface area (Å²) in [6.07, 6.45) is 0. The van der Waals surface area contributed by atoms with E-state index >= 15 is 0 Å². The van der Waals surface area contributed by atoms with Gasteiger partial charge in [0, 0.05) is 11.6 Å². The molecule has 5 heteroatoms. The molecular formula is C12H10N2O3. The van der Waals surface area contributed by atoms with Crippen molar-refractivity contribution >= 4 is 5.97 Å². The Morgan fingerprint density at radius 1 is 1.35 bits per heavy atom. The van der Waals surface area contributed by atoms with E-state index in [0.717, 1.165) is 11.6 Å². The molecule has 0 fully saturated rings. The average molecular weight is 230 g/mol. The van der Waals surface area contributed by atoms with E-state index in [2.05, 4.69) is 9.97 Å². The lowest BCUT2D eigenvalue weighted by Crippen LogP contribution is -2.13. The molecule has 0 saturated heterocycles. The Morgan fingerprint density at radius 3 is 2.71 bits per heavy atom. The van der Waals surface area contributed by atoms with Gasteiger partial charge in [-0.2, -0.15) is 0 Å². The summed E-state index contributed by atoms with van der Waals surface area (Å²) in [7, 11) is 0. The van der Waals surface area contributed by atoms with Gasteiger partial charge in [-0.25, -0.2) is 9.78 Å². The fourth-order valence-electron chi connectivity index (χ4n) is 1.53. The highest BCUT2D eigenvalue weighted by Crippen LogP contribution is 2.17. The lowest BCUT2D eigenvalue weighted by Gasteiger charge is -2.04. The van der Waals surface area contributed by atoms with Gasteiger partial charge in [0.05, 0.1) is 0 Å². The number of aromatic nitrogens is 2. The van der Waals surface area contributed by atoms with E-state index in [0.29, 0.717) is 5.56 Å². The molecule has 0 amide bonds. The summed E-state index contributed by atoms with van der Waals surface area (Å²) in [4.78, 5) is 28.6. The molecule has 0 aliphatic rings. The van der Waals surface area contributed by atoms with Crippen molar-refractivity contribution in [1.29, 1.82) is 0 Å². The minimum absolute atomic E-state index is 0.257. The second-order valence-corrected chi connectivity index (χ2v) is 3.60. The normalized spacial score (nSPS) is 10.2. The van der Waals surface area contributed by atoms with Gasteiger partial charge in [-0.1, -0.05) is 24.3 Å². The van der Waals surface area contributed by atoms with Crippen LogP contribution in [0, 0.1) is 6.92 Å². The van der Waals surface area contributed by atoms with Crippen LogP contribution in [0.5, 0.6) is 0 Å².